The molecule has 1 aliphatic heterocycles. The van der Waals surface area contributed by atoms with Gasteiger partial charge in [0.05, 0.1) is 21.9 Å². The number of halogens is 4. The van der Waals surface area contributed by atoms with Crippen molar-refractivity contribution in [3.63, 3.8) is 0 Å². The second kappa shape index (κ2) is 9.55. The van der Waals surface area contributed by atoms with Crippen molar-refractivity contribution in [2.45, 2.75) is 32.0 Å². The molecule has 0 aromatic carbocycles. The van der Waals surface area contributed by atoms with Gasteiger partial charge < -0.3 is 9.80 Å². The maximum absolute atomic E-state index is 12.8. The summed E-state index contributed by atoms with van der Waals surface area (Å²) in [4.78, 5) is 24.5. The topological polar surface area (TPSA) is 73.1 Å². The van der Waals surface area contributed by atoms with Crippen molar-refractivity contribution in [1.82, 2.24) is 14.9 Å². The van der Waals surface area contributed by atoms with Crippen LogP contribution in [0.2, 0.25) is 5.02 Å². The molecule has 0 saturated carbocycles. The Labute approximate surface area is 193 Å². The Morgan fingerprint density at radius 3 is 2.44 bits per heavy atom. The van der Waals surface area contributed by atoms with Crippen molar-refractivity contribution in [3.8, 4) is 6.07 Å². The molecule has 0 aliphatic carbocycles. The van der Waals surface area contributed by atoms with Gasteiger partial charge >= 0.3 is 6.18 Å². The summed E-state index contributed by atoms with van der Waals surface area (Å²) in [5.41, 5.74) is 2.24. The van der Waals surface area contributed by atoms with Gasteiger partial charge in [-0.05, 0) is 38.0 Å². The lowest BCUT2D eigenvalue weighted by atomic mass is 10.1. The minimum absolute atomic E-state index is 0.0737. The molecule has 1 fully saturated rings. The van der Waals surface area contributed by atoms with Crippen LogP contribution in [0.25, 0.3) is 0 Å². The number of piperazine rings is 1. The fourth-order valence-corrected chi connectivity index (χ4v) is 4.63. The summed E-state index contributed by atoms with van der Waals surface area (Å²) in [5.74, 6) is 0.320. The number of aryl methyl sites for hydroxylation is 1. The van der Waals surface area contributed by atoms with Crippen molar-refractivity contribution in [2.75, 3.05) is 36.8 Å². The summed E-state index contributed by atoms with van der Waals surface area (Å²) in [6.45, 7) is 7.24. The van der Waals surface area contributed by atoms with Crippen LogP contribution in [0.15, 0.2) is 17.3 Å². The number of thioether (sulfide) groups is 1. The summed E-state index contributed by atoms with van der Waals surface area (Å²) >= 11 is 7.26. The first kappa shape index (κ1) is 24.1. The van der Waals surface area contributed by atoms with E-state index in [1.165, 1.54) is 11.8 Å². The van der Waals surface area contributed by atoms with Crippen molar-refractivity contribution >= 4 is 35.1 Å². The van der Waals surface area contributed by atoms with Crippen molar-refractivity contribution in [1.29, 1.82) is 5.26 Å². The Balaban J connectivity index is 1.61. The molecule has 2 aromatic heterocycles. The van der Waals surface area contributed by atoms with E-state index in [4.69, 9.17) is 11.6 Å². The number of hydrogen-bond acceptors (Lipinski definition) is 6. The van der Waals surface area contributed by atoms with Crippen LogP contribution in [0, 0.1) is 32.1 Å². The first-order chi connectivity index (χ1) is 15.0. The average molecular weight is 484 g/mol. The SMILES string of the molecule is Cc1nc(SCC(=O)N2CCN(c3ncc(C(F)(F)F)cc3Cl)CC2)c(C#N)c(C)c1C. The molecule has 0 unspecified atom stereocenters. The first-order valence-electron chi connectivity index (χ1n) is 9.79. The van der Waals surface area contributed by atoms with Gasteiger partial charge in [-0.25, -0.2) is 9.97 Å². The van der Waals surface area contributed by atoms with Crippen molar-refractivity contribution < 1.29 is 18.0 Å². The monoisotopic (exact) mass is 483 g/mol. The van der Waals surface area contributed by atoms with Crippen LogP contribution >= 0.6 is 23.4 Å². The highest BCUT2D eigenvalue weighted by Gasteiger charge is 2.32. The number of pyridine rings is 2. The maximum Gasteiger partial charge on any atom is 0.417 e. The molecule has 3 heterocycles. The molecule has 11 heteroatoms. The molecule has 170 valence electrons. The minimum Gasteiger partial charge on any atom is -0.352 e. The predicted molar refractivity (Wildman–Crippen MR) is 117 cm³/mol. The summed E-state index contributed by atoms with van der Waals surface area (Å²) in [7, 11) is 0. The zero-order valence-electron chi connectivity index (χ0n) is 17.8. The molecule has 1 amide bonds. The summed E-state index contributed by atoms with van der Waals surface area (Å²) in [5, 5.41) is 9.94. The third-order valence-corrected chi connectivity index (χ3v) is 6.73. The molecule has 1 saturated heterocycles. The normalized spacial score (nSPS) is 14.4. The van der Waals surface area contributed by atoms with E-state index < -0.39 is 11.7 Å². The highest BCUT2D eigenvalue weighted by molar-refractivity contribution is 8.00. The van der Waals surface area contributed by atoms with Gasteiger partial charge in [0.2, 0.25) is 5.91 Å². The number of carbonyl (C=O) groups excluding carboxylic acids is 1. The summed E-state index contributed by atoms with van der Waals surface area (Å²) in [6.07, 6.45) is -3.74. The van der Waals surface area contributed by atoms with Gasteiger partial charge in [-0.3, -0.25) is 4.79 Å². The number of amides is 1. The van der Waals surface area contributed by atoms with E-state index >= 15 is 0 Å². The van der Waals surface area contributed by atoms with E-state index in [1.54, 1.807) is 9.80 Å². The highest BCUT2D eigenvalue weighted by atomic mass is 35.5. The van der Waals surface area contributed by atoms with Crippen LogP contribution in [0.5, 0.6) is 0 Å². The molecule has 3 rings (SSSR count). The molecule has 0 bridgehead atoms. The largest absolute Gasteiger partial charge is 0.417 e. The Bertz CT molecular complexity index is 1080. The number of nitrogens with zero attached hydrogens (tertiary/aromatic N) is 5. The molecule has 0 spiro atoms. The smallest absolute Gasteiger partial charge is 0.352 e. The number of aromatic nitrogens is 2. The third kappa shape index (κ3) is 5.10. The van der Waals surface area contributed by atoms with E-state index in [2.05, 4.69) is 16.0 Å². The lowest BCUT2D eigenvalue weighted by molar-refractivity contribution is -0.137. The summed E-state index contributed by atoms with van der Waals surface area (Å²) in [6, 6.07) is 3.04. The first-order valence-corrected chi connectivity index (χ1v) is 11.2. The molecule has 2 aromatic rings. The third-order valence-electron chi connectivity index (χ3n) is 5.49. The van der Waals surface area contributed by atoms with Gasteiger partial charge in [0.1, 0.15) is 16.9 Å². The van der Waals surface area contributed by atoms with Crippen molar-refractivity contribution in [2.24, 2.45) is 0 Å². The number of hydrogen-bond donors (Lipinski definition) is 0. The molecule has 32 heavy (non-hydrogen) atoms. The lowest BCUT2D eigenvalue weighted by Crippen LogP contribution is -2.49. The quantitative estimate of drug-likeness (QED) is 0.601. The number of carbonyl (C=O) groups is 1. The van der Waals surface area contributed by atoms with Crippen LogP contribution in [0.4, 0.5) is 19.0 Å². The fraction of sp³-hybridized carbons (Fsp3) is 0.429. The van der Waals surface area contributed by atoms with Gasteiger partial charge in [0.25, 0.3) is 0 Å². The highest BCUT2D eigenvalue weighted by Crippen LogP contribution is 2.34. The van der Waals surface area contributed by atoms with E-state index in [1.807, 2.05) is 20.8 Å². The molecule has 0 N–H and O–H groups in total. The van der Waals surface area contributed by atoms with Crippen molar-refractivity contribution in [3.05, 3.63) is 45.2 Å². The number of anilines is 1. The predicted octanol–water partition coefficient (Wildman–Crippen LogP) is 4.39. The Kier molecular flexibility index (Phi) is 7.20. The van der Waals surface area contributed by atoms with Gasteiger partial charge in [0.15, 0.2) is 0 Å². The zero-order chi connectivity index (χ0) is 23.6. The van der Waals surface area contributed by atoms with E-state index in [0.29, 0.717) is 36.8 Å². The number of rotatable bonds is 4. The average Bonchev–Trinajstić information content (AvgIpc) is 2.75. The van der Waals surface area contributed by atoms with E-state index in [0.717, 1.165) is 29.1 Å². The van der Waals surface area contributed by atoms with Gasteiger partial charge in [-0.1, -0.05) is 23.4 Å². The Hall–Kier alpha value is -2.51. The van der Waals surface area contributed by atoms with Crippen LogP contribution in [0.3, 0.4) is 0 Å². The molecule has 1 aliphatic rings. The second-order valence-electron chi connectivity index (χ2n) is 7.42. The van der Waals surface area contributed by atoms with E-state index in [-0.39, 0.29) is 22.5 Å². The van der Waals surface area contributed by atoms with Gasteiger partial charge in [0, 0.05) is 38.1 Å². The van der Waals surface area contributed by atoms with E-state index in [9.17, 15) is 23.2 Å². The Morgan fingerprint density at radius 1 is 1.22 bits per heavy atom. The Morgan fingerprint density at radius 2 is 1.88 bits per heavy atom. The molecule has 6 nitrogen and oxygen atoms in total. The van der Waals surface area contributed by atoms with Crippen LogP contribution in [-0.2, 0) is 11.0 Å². The van der Waals surface area contributed by atoms with Gasteiger partial charge in [-0.15, -0.1) is 0 Å². The van der Waals surface area contributed by atoms with Gasteiger partial charge in [-0.2, -0.15) is 18.4 Å². The number of nitriles is 1. The molecule has 0 radical (unpaired) electrons. The minimum atomic E-state index is -4.51. The lowest BCUT2D eigenvalue weighted by Gasteiger charge is -2.35. The number of alkyl halides is 3. The second-order valence-corrected chi connectivity index (χ2v) is 8.79. The molecular formula is C21H21ClF3N5OS. The fourth-order valence-electron chi connectivity index (χ4n) is 3.35. The zero-order valence-corrected chi connectivity index (χ0v) is 19.3. The molecule has 0 atom stereocenters. The van der Waals surface area contributed by atoms with Crippen LogP contribution in [-0.4, -0.2) is 52.7 Å². The summed E-state index contributed by atoms with van der Waals surface area (Å²) < 4.78 is 38.4. The van der Waals surface area contributed by atoms with Crippen LogP contribution in [0.1, 0.15) is 27.9 Å². The molecular weight excluding hydrogens is 463 g/mol. The van der Waals surface area contributed by atoms with Crippen LogP contribution < -0.4 is 4.90 Å². The maximum atomic E-state index is 12.8. The standard InChI is InChI=1S/C21H21ClF3N5OS/c1-12-13(2)16(9-26)20(28-14(12)3)32-11-18(31)29-4-6-30(7-5-29)19-17(22)8-15(10-27-19)21(23,24)25/h8,10H,4-7,11H2,1-3H3.